The number of nitrogens with one attached hydrogen (secondary N) is 1. The summed E-state index contributed by atoms with van der Waals surface area (Å²) in [6, 6.07) is 4.72. The number of amides is 1. The Morgan fingerprint density at radius 1 is 1.22 bits per heavy atom. The lowest BCUT2D eigenvalue weighted by molar-refractivity contribution is -0.140. The van der Waals surface area contributed by atoms with Gasteiger partial charge in [-0.25, -0.2) is 14.2 Å². The third kappa shape index (κ3) is 4.41. The number of hydrogen-bond acceptors (Lipinski definition) is 6. The second kappa shape index (κ2) is 10.2. The molecule has 1 aliphatic heterocycles. The summed E-state index contributed by atoms with van der Waals surface area (Å²) in [6.45, 7) is 5.75. The zero-order valence-electron chi connectivity index (χ0n) is 20.2. The normalized spacial score (nSPS) is 17.1. The molecule has 1 atom stereocenters. The molecule has 1 aromatic carbocycles. The van der Waals surface area contributed by atoms with Crippen molar-refractivity contribution >= 4 is 23.4 Å². The zero-order chi connectivity index (χ0) is 26.0. The first-order valence-electron chi connectivity index (χ1n) is 11.6. The van der Waals surface area contributed by atoms with Crippen LogP contribution in [0.5, 0.6) is 0 Å². The number of aromatic amines is 1. The van der Waals surface area contributed by atoms with Crippen molar-refractivity contribution in [3.63, 3.8) is 0 Å². The first-order valence-corrected chi connectivity index (χ1v) is 11.6. The van der Waals surface area contributed by atoms with Crippen LogP contribution in [0.25, 0.3) is 5.76 Å². The van der Waals surface area contributed by atoms with Crippen molar-refractivity contribution in [3.8, 4) is 0 Å². The largest absolute Gasteiger partial charge is 0.507 e. The number of esters is 1. The van der Waals surface area contributed by atoms with Crippen LogP contribution in [-0.4, -0.2) is 55.4 Å². The lowest BCUT2D eigenvalue weighted by Crippen LogP contribution is -2.31. The maximum atomic E-state index is 15.0. The summed E-state index contributed by atoms with van der Waals surface area (Å²) in [4.78, 5) is 46.9. The van der Waals surface area contributed by atoms with E-state index >= 15 is 0 Å². The van der Waals surface area contributed by atoms with Crippen LogP contribution in [0.3, 0.4) is 0 Å². The third-order valence-corrected chi connectivity index (χ3v) is 6.27. The molecule has 3 heterocycles. The van der Waals surface area contributed by atoms with Gasteiger partial charge < -0.3 is 24.3 Å². The molecule has 1 aliphatic rings. The Morgan fingerprint density at radius 2 is 1.97 bits per heavy atom. The van der Waals surface area contributed by atoms with E-state index in [1.807, 2.05) is 4.57 Å². The number of benzene rings is 1. The molecule has 1 unspecified atom stereocenters. The molecule has 10 heteroatoms. The van der Waals surface area contributed by atoms with E-state index in [0.29, 0.717) is 24.2 Å². The summed E-state index contributed by atoms with van der Waals surface area (Å²) in [6.07, 6.45) is 5.53. The Balaban J connectivity index is 1.80. The van der Waals surface area contributed by atoms with Crippen LogP contribution in [0.1, 0.15) is 52.3 Å². The highest BCUT2D eigenvalue weighted by atomic mass is 19.1. The van der Waals surface area contributed by atoms with Crippen molar-refractivity contribution in [3.05, 3.63) is 82.5 Å². The van der Waals surface area contributed by atoms with Crippen molar-refractivity contribution in [1.82, 2.24) is 19.4 Å². The molecule has 2 N–H and O–H groups in total. The van der Waals surface area contributed by atoms with Gasteiger partial charge in [0.1, 0.15) is 17.3 Å². The molecule has 0 aliphatic carbocycles. The van der Waals surface area contributed by atoms with Crippen molar-refractivity contribution in [2.24, 2.45) is 0 Å². The summed E-state index contributed by atoms with van der Waals surface area (Å²) in [5.74, 6) is -3.43. The highest BCUT2D eigenvalue weighted by Gasteiger charge is 2.47. The number of rotatable bonds is 8. The number of likely N-dealkylation sites (tertiary alicyclic amines) is 1. The van der Waals surface area contributed by atoms with Gasteiger partial charge in [-0.1, -0.05) is 18.2 Å². The Labute approximate surface area is 207 Å². The maximum absolute atomic E-state index is 15.0. The lowest BCUT2D eigenvalue weighted by atomic mass is 9.93. The second-order valence-corrected chi connectivity index (χ2v) is 8.51. The van der Waals surface area contributed by atoms with E-state index in [0.717, 1.165) is 0 Å². The Bertz CT molecular complexity index is 1340. The zero-order valence-corrected chi connectivity index (χ0v) is 20.2. The molecule has 4 rings (SSSR count). The van der Waals surface area contributed by atoms with Crippen molar-refractivity contribution < 1.29 is 28.6 Å². The predicted molar refractivity (Wildman–Crippen MR) is 128 cm³/mol. The number of aromatic nitrogens is 3. The number of ether oxygens (including phenoxy) is 1. The van der Waals surface area contributed by atoms with E-state index in [1.165, 1.54) is 23.1 Å². The van der Waals surface area contributed by atoms with Crippen LogP contribution in [-0.2, 0) is 20.9 Å². The number of H-pyrrole nitrogens is 1. The fourth-order valence-corrected chi connectivity index (χ4v) is 4.62. The minimum absolute atomic E-state index is 0.0948. The quantitative estimate of drug-likeness (QED) is 0.214. The number of halogens is 1. The molecule has 9 nitrogen and oxygen atoms in total. The number of aliphatic hydroxyl groups is 1. The van der Waals surface area contributed by atoms with Gasteiger partial charge in [-0.15, -0.1) is 0 Å². The molecule has 0 radical (unpaired) electrons. The fraction of sp³-hybridized carbons (Fsp3) is 0.308. The van der Waals surface area contributed by atoms with Gasteiger partial charge >= 0.3 is 5.97 Å². The molecule has 1 amide bonds. The van der Waals surface area contributed by atoms with Gasteiger partial charge in [0.15, 0.2) is 0 Å². The molecule has 0 bridgehead atoms. The Kier molecular flexibility index (Phi) is 7.05. The number of aryl methyl sites for hydroxylation is 2. The summed E-state index contributed by atoms with van der Waals surface area (Å²) in [5.41, 5.74) is 0.975. The average molecular weight is 495 g/mol. The predicted octanol–water partition coefficient (Wildman–Crippen LogP) is 3.66. The van der Waals surface area contributed by atoms with E-state index in [9.17, 15) is 23.9 Å². The molecule has 1 saturated heterocycles. The molecule has 36 heavy (non-hydrogen) atoms. The topological polar surface area (TPSA) is 118 Å². The van der Waals surface area contributed by atoms with Crippen molar-refractivity contribution in [1.29, 1.82) is 0 Å². The van der Waals surface area contributed by atoms with E-state index in [1.54, 1.807) is 45.6 Å². The summed E-state index contributed by atoms with van der Waals surface area (Å²) < 4.78 is 21.9. The minimum atomic E-state index is -1.13. The summed E-state index contributed by atoms with van der Waals surface area (Å²) >= 11 is 0. The van der Waals surface area contributed by atoms with Crippen LogP contribution in [0.15, 0.2) is 48.6 Å². The van der Waals surface area contributed by atoms with Crippen molar-refractivity contribution in [2.75, 3.05) is 13.2 Å². The monoisotopic (exact) mass is 494 g/mol. The van der Waals surface area contributed by atoms with Gasteiger partial charge in [0.25, 0.3) is 11.7 Å². The van der Waals surface area contributed by atoms with Crippen LogP contribution in [0.2, 0.25) is 0 Å². The van der Waals surface area contributed by atoms with E-state index in [-0.39, 0.29) is 35.5 Å². The van der Waals surface area contributed by atoms with E-state index < -0.39 is 35.3 Å². The standard InChI is InChI=1S/C26H27FN4O5/c1-4-36-26(35)21-15(2)19(16(3)29-21)23(32)20-22(17-8-5-6-9-18(17)27)31(25(34)24(20)33)12-7-11-30-13-10-28-14-30/h5-6,8-10,13-14,22,29,32H,4,7,11-12H2,1-3H3/b23-20-. The highest BCUT2D eigenvalue weighted by Crippen LogP contribution is 2.41. The smallest absolute Gasteiger partial charge is 0.355 e. The second-order valence-electron chi connectivity index (χ2n) is 8.51. The van der Waals surface area contributed by atoms with E-state index in [4.69, 9.17) is 4.74 Å². The summed E-state index contributed by atoms with van der Waals surface area (Å²) in [5, 5.41) is 11.4. The Hall–Kier alpha value is -4.21. The number of aliphatic hydroxyl groups excluding tert-OH is 1. The molecule has 3 aromatic rings. The fourth-order valence-electron chi connectivity index (χ4n) is 4.62. The van der Waals surface area contributed by atoms with Crippen LogP contribution in [0.4, 0.5) is 4.39 Å². The molecule has 188 valence electrons. The molecule has 0 saturated carbocycles. The van der Waals surface area contributed by atoms with Gasteiger partial charge in [0.2, 0.25) is 0 Å². The molecular weight excluding hydrogens is 467 g/mol. The average Bonchev–Trinajstić information content (AvgIpc) is 3.53. The van der Waals surface area contributed by atoms with Crippen molar-refractivity contribution in [2.45, 2.75) is 39.8 Å². The van der Waals surface area contributed by atoms with Gasteiger partial charge in [0.05, 0.1) is 24.5 Å². The first-order chi connectivity index (χ1) is 17.3. The number of hydrogen-bond donors (Lipinski definition) is 2. The number of imidazole rings is 1. The molecule has 2 aromatic heterocycles. The van der Waals surface area contributed by atoms with Crippen LogP contribution in [0, 0.1) is 19.7 Å². The van der Waals surface area contributed by atoms with Gasteiger partial charge in [-0.2, -0.15) is 0 Å². The van der Waals surface area contributed by atoms with Crippen LogP contribution >= 0.6 is 0 Å². The van der Waals surface area contributed by atoms with E-state index in [2.05, 4.69) is 9.97 Å². The number of carbonyl (C=O) groups is 3. The molecule has 1 fully saturated rings. The SMILES string of the molecule is CCOC(=O)c1[nH]c(C)c(/C(O)=C2/C(=O)C(=O)N(CCCn3ccnc3)C2c2ccccc2F)c1C. The minimum Gasteiger partial charge on any atom is -0.507 e. The number of ketones is 1. The number of carbonyl (C=O) groups excluding carboxylic acids is 3. The van der Waals surface area contributed by atoms with Gasteiger partial charge in [-0.05, 0) is 38.8 Å². The lowest BCUT2D eigenvalue weighted by Gasteiger charge is -2.25. The first kappa shape index (κ1) is 24.9. The number of Topliss-reactive ketones (excluding diaryl/α,β-unsaturated/α-hetero) is 1. The third-order valence-electron chi connectivity index (χ3n) is 6.27. The van der Waals surface area contributed by atoms with Gasteiger partial charge in [-0.3, -0.25) is 9.59 Å². The molecule has 0 spiro atoms. The maximum Gasteiger partial charge on any atom is 0.355 e. The summed E-state index contributed by atoms with van der Waals surface area (Å²) in [7, 11) is 0. The number of nitrogens with zero attached hydrogens (tertiary/aromatic N) is 3. The van der Waals surface area contributed by atoms with Gasteiger partial charge in [0, 0.05) is 42.3 Å². The highest BCUT2D eigenvalue weighted by molar-refractivity contribution is 6.46. The van der Waals surface area contributed by atoms with Crippen LogP contribution < -0.4 is 0 Å². The molecular formula is C26H27FN4O5. The Morgan fingerprint density at radius 3 is 2.64 bits per heavy atom.